The molecule has 0 amide bonds. The van der Waals surface area contributed by atoms with Crippen LogP contribution in [0.1, 0.15) is 47.3 Å². The molecule has 1 aromatic heterocycles. The number of nitriles is 1. The van der Waals surface area contributed by atoms with Gasteiger partial charge in [0.25, 0.3) is 5.56 Å². The third kappa shape index (κ3) is 3.35. The van der Waals surface area contributed by atoms with E-state index in [2.05, 4.69) is 0 Å². The number of anilines is 1. The Kier molecular flexibility index (Phi) is 4.86. The fourth-order valence-electron chi connectivity index (χ4n) is 3.68. The minimum absolute atomic E-state index is 0.0153. The lowest BCUT2D eigenvalue weighted by Gasteiger charge is -2.18. The predicted molar refractivity (Wildman–Crippen MR) is 109 cm³/mol. The van der Waals surface area contributed by atoms with Gasteiger partial charge < -0.3 is 0 Å². The van der Waals surface area contributed by atoms with Gasteiger partial charge in [0.05, 0.1) is 18.0 Å². The summed E-state index contributed by atoms with van der Waals surface area (Å²) in [5.41, 5.74) is 0.00432. The zero-order chi connectivity index (χ0) is 21.6. The molecule has 2 heterocycles. The SMILES string of the molecule is CCS(=O)(=O)N1CCc2cc(C(=O)Cn3c(=O)c(C#N)cn(C4CC4)c3=O)ccc21. The minimum Gasteiger partial charge on any atom is -0.296 e. The van der Waals surface area contributed by atoms with E-state index in [1.807, 2.05) is 0 Å². The van der Waals surface area contributed by atoms with E-state index < -0.39 is 33.6 Å². The van der Waals surface area contributed by atoms with Crippen LogP contribution < -0.4 is 15.6 Å². The molecule has 0 saturated heterocycles. The number of aromatic nitrogens is 2. The summed E-state index contributed by atoms with van der Waals surface area (Å²) in [6.07, 6.45) is 3.33. The highest BCUT2D eigenvalue weighted by atomic mass is 32.2. The first kappa shape index (κ1) is 20.1. The van der Waals surface area contributed by atoms with Crippen LogP contribution in [0.5, 0.6) is 0 Å². The second-order valence-corrected chi connectivity index (χ2v) is 9.64. The summed E-state index contributed by atoms with van der Waals surface area (Å²) in [5.74, 6) is -0.468. The van der Waals surface area contributed by atoms with Crippen molar-refractivity contribution in [2.75, 3.05) is 16.6 Å². The fourth-order valence-corrected chi connectivity index (χ4v) is 4.84. The topological polar surface area (TPSA) is 122 Å². The van der Waals surface area contributed by atoms with Gasteiger partial charge in [-0.05, 0) is 49.9 Å². The lowest BCUT2D eigenvalue weighted by Crippen LogP contribution is -2.42. The molecule has 1 aliphatic carbocycles. The number of hydrogen-bond donors (Lipinski definition) is 0. The van der Waals surface area contributed by atoms with E-state index >= 15 is 0 Å². The number of Topliss-reactive ketones (excluding diaryl/α,β-unsaturated/α-hetero) is 1. The van der Waals surface area contributed by atoms with Gasteiger partial charge in [0.15, 0.2) is 5.78 Å². The summed E-state index contributed by atoms with van der Waals surface area (Å²) in [4.78, 5) is 38.0. The van der Waals surface area contributed by atoms with Crippen LogP contribution in [-0.2, 0) is 23.0 Å². The Labute approximate surface area is 172 Å². The van der Waals surface area contributed by atoms with Crippen molar-refractivity contribution < 1.29 is 13.2 Å². The standard InChI is InChI=1S/C20H20N4O5S/c1-2-30(28,29)24-8-7-13-9-14(3-6-17(13)24)18(25)12-23-19(26)15(10-21)11-22(20(23)27)16-4-5-16/h3,6,9,11,16H,2,4-5,7-8,12H2,1H3. The zero-order valence-electron chi connectivity index (χ0n) is 16.4. The van der Waals surface area contributed by atoms with Crippen LogP contribution in [0.25, 0.3) is 0 Å². The highest BCUT2D eigenvalue weighted by Crippen LogP contribution is 2.33. The van der Waals surface area contributed by atoms with Gasteiger partial charge in [0, 0.05) is 24.3 Å². The van der Waals surface area contributed by atoms with E-state index in [0.29, 0.717) is 18.7 Å². The van der Waals surface area contributed by atoms with Gasteiger partial charge in [0.2, 0.25) is 10.0 Å². The molecule has 0 spiro atoms. The molecule has 156 valence electrons. The number of fused-ring (bicyclic) bond motifs is 1. The highest BCUT2D eigenvalue weighted by Gasteiger charge is 2.30. The number of carbonyl (C=O) groups is 1. The number of ketones is 1. The van der Waals surface area contributed by atoms with Crippen molar-refractivity contribution >= 4 is 21.5 Å². The Morgan fingerprint density at radius 1 is 1.27 bits per heavy atom. The normalized spacial score (nSPS) is 15.7. The molecular formula is C20H20N4O5S. The molecule has 4 rings (SSSR count). The molecule has 10 heteroatoms. The van der Waals surface area contributed by atoms with Crippen LogP contribution in [-0.4, -0.2) is 35.6 Å². The summed E-state index contributed by atoms with van der Waals surface area (Å²) >= 11 is 0. The Hall–Kier alpha value is -3.19. The summed E-state index contributed by atoms with van der Waals surface area (Å²) in [6.45, 7) is 1.42. The van der Waals surface area contributed by atoms with Crippen molar-refractivity contribution in [3.8, 4) is 6.07 Å². The number of sulfonamides is 1. The van der Waals surface area contributed by atoms with Crippen molar-refractivity contribution in [2.45, 2.75) is 38.8 Å². The molecule has 1 aliphatic heterocycles. The fraction of sp³-hybridized carbons (Fsp3) is 0.400. The van der Waals surface area contributed by atoms with Gasteiger partial charge in [-0.1, -0.05) is 0 Å². The van der Waals surface area contributed by atoms with Gasteiger partial charge in [0.1, 0.15) is 11.6 Å². The maximum Gasteiger partial charge on any atom is 0.331 e. The van der Waals surface area contributed by atoms with Gasteiger partial charge in [-0.15, -0.1) is 0 Å². The van der Waals surface area contributed by atoms with Crippen LogP contribution >= 0.6 is 0 Å². The lowest BCUT2D eigenvalue weighted by atomic mass is 10.1. The first-order valence-corrected chi connectivity index (χ1v) is 11.3. The van der Waals surface area contributed by atoms with Crippen LogP contribution in [0.4, 0.5) is 5.69 Å². The van der Waals surface area contributed by atoms with E-state index in [0.717, 1.165) is 23.0 Å². The molecule has 2 aliphatic rings. The van der Waals surface area contributed by atoms with Gasteiger partial charge in [-0.2, -0.15) is 5.26 Å². The summed E-state index contributed by atoms with van der Waals surface area (Å²) in [7, 11) is -3.39. The zero-order valence-corrected chi connectivity index (χ0v) is 17.2. The Morgan fingerprint density at radius 2 is 2.00 bits per heavy atom. The van der Waals surface area contributed by atoms with Crippen LogP contribution in [0.15, 0.2) is 34.0 Å². The lowest BCUT2D eigenvalue weighted by molar-refractivity contribution is 0.0968. The molecule has 1 saturated carbocycles. The smallest absolute Gasteiger partial charge is 0.296 e. The molecular weight excluding hydrogens is 408 g/mol. The quantitative estimate of drug-likeness (QED) is 0.628. The molecule has 1 aromatic carbocycles. The van der Waals surface area contributed by atoms with Crippen molar-refractivity contribution in [1.29, 1.82) is 5.26 Å². The maximum atomic E-state index is 12.8. The largest absolute Gasteiger partial charge is 0.331 e. The molecule has 1 fully saturated rings. The summed E-state index contributed by atoms with van der Waals surface area (Å²) in [5, 5.41) is 9.21. The number of nitrogens with zero attached hydrogens (tertiary/aromatic N) is 4. The van der Waals surface area contributed by atoms with Crippen LogP contribution in [0.2, 0.25) is 0 Å². The molecule has 9 nitrogen and oxygen atoms in total. The van der Waals surface area contributed by atoms with Crippen LogP contribution in [0, 0.1) is 11.3 Å². The first-order chi connectivity index (χ1) is 14.3. The Morgan fingerprint density at radius 3 is 2.63 bits per heavy atom. The van der Waals surface area contributed by atoms with E-state index in [1.54, 1.807) is 25.1 Å². The maximum absolute atomic E-state index is 12.8. The molecule has 30 heavy (non-hydrogen) atoms. The van der Waals surface area contributed by atoms with Crippen molar-refractivity contribution in [3.63, 3.8) is 0 Å². The summed E-state index contributed by atoms with van der Waals surface area (Å²) < 4.78 is 27.9. The predicted octanol–water partition coefficient (Wildman–Crippen LogP) is 0.812. The summed E-state index contributed by atoms with van der Waals surface area (Å²) in [6, 6.07) is 6.45. The van der Waals surface area contributed by atoms with Crippen LogP contribution in [0.3, 0.4) is 0 Å². The van der Waals surface area contributed by atoms with Crippen molar-refractivity contribution in [3.05, 3.63) is 61.9 Å². The second kappa shape index (κ2) is 7.25. The molecule has 0 bridgehead atoms. The molecule has 0 unspecified atom stereocenters. The van der Waals surface area contributed by atoms with Crippen molar-refractivity contribution in [2.24, 2.45) is 0 Å². The number of rotatable bonds is 6. The Bertz CT molecular complexity index is 1310. The first-order valence-electron chi connectivity index (χ1n) is 9.69. The molecule has 0 N–H and O–H groups in total. The molecule has 2 aromatic rings. The van der Waals surface area contributed by atoms with E-state index in [4.69, 9.17) is 0 Å². The number of carbonyl (C=O) groups excluding carboxylic acids is 1. The third-order valence-electron chi connectivity index (χ3n) is 5.51. The number of hydrogen-bond acceptors (Lipinski definition) is 6. The molecule has 0 radical (unpaired) electrons. The number of benzene rings is 1. The van der Waals surface area contributed by atoms with Crippen molar-refractivity contribution in [1.82, 2.24) is 9.13 Å². The highest BCUT2D eigenvalue weighted by molar-refractivity contribution is 7.92. The minimum atomic E-state index is -3.39. The van der Waals surface area contributed by atoms with Gasteiger partial charge >= 0.3 is 5.69 Å². The second-order valence-electron chi connectivity index (χ2n) is 7.46. The van der Waals surface area contributed by atoms with E-state index in [-0.39, 0.29) is 22.9 Å². The monoisotopic (exact) mass is 428 g/mol. The van der Waals surface area contributed by atoms with Gasteiger partial charge in [-0.25, -0.2) is 13.2 Å². The Balaban J connectivity index is 1.67. The average molecular weight is 428 g/mol. The molecule has 0 atom stereocenters. The van der Waals surface area contributed by atoms with E-state index in [9.17, 15) is 28.1 Å². The van der Waals surface area contributed by atoms with Gasteiger partial charge in [-0.3, -0.25) is 23.0 Å². The van der Waals surface area contributed by atoms with E-state index in [1.165, 1.54) is 21.1 Å². The average Bonchev–Trinajstić information content (AvgIpc) is 3.48. The third-order valence-corrected chi connectivity index (χ3v) is 7.29.